The third-order valence-electron chi connectivity index (χ3n) is 2.48. The van der Waals surface area contributed by atoms with Gasteiger partial charge in [-0.1, -0.05) is 0 Å². The second-order valence-electron chi connectivity index (χ2n) is 4.05. The van der Waals surface area contributed by atoms with Crippen molar-refractivity contribution in [3.8, 4) is 0 Å². The predicted octanol–water partition coefficient (Wildman–Crippen LogP) is -0.716. The van der Waals surface area contributed by atoms with Crippen LogP contribution in [0.15, 0.2) is 0 Å². The molecule has 1 fully saturated rings. The van der Waals surface area contributed by atoms with Crippen LogP contribution in [-0.2, 0) is 14.3 Å². The summed E-state index contributed by atoms with van der Waals surface area (Å²) in [6, 6.07) is -0.938. The first-order chi connectivity index (χ1) is 8.44. The Hall–Kier alpha value is -0.990. The molecule has 1 aliphatic heterocycles. The molecule has 3 N–H and O–H groups in total. The molecule has 1 aliphatic rings. The lowest BCUT2D eigenvalue weighted by Gasteiger charge is -2.11. The van der Waals surface area contributed by atoms with Gasteiger partial charge in [-0.2, -0.15) is 0 Å². The van der Waals surface area contributed by atoms with Crippen LogP contribution in [0.1, 0.15) is 6.42 Å². The second-order valence-corrected chi connectivity index (χ2v) is 4.05. The normalized spacial score (nSPS) is 20.5. The highest BCUT2D eigenvalue weighted by Crippen LogP contribution is 2.24. The summed E-state index contributed by atoms with van der Waals surface area (Å²) in [7, 11) is 1.50. The van der Waals surface area contributed by atoms with Crippen molar-refractivity contribution in [2.45, 2.75) is 18.4 Å². The number of hydrogen-bond acceptors (Lipinski definition) is 4. The maximum Gasteiger partial charge on any atom is 0.262 e. The molecule has 112 valence electrons. The minimum Gasteiger partial charge on any atom is -0.383 e. The lowest BCUT2D eigenvalue weighted by atomic mass is 10.2. The zero-order valence-electron chi connectivity index (χ0n) is 10.5. The van der Waals surface area contributed by atoms with Crippen molar-refractivity contribution in [3.05, 3.63) is 0 Å². The number of methoxy groups -OCH3 is 1. The minimum atomic E-state index is -2.86. The number of carbonyl (C=O) groups excluding carboxylic acids is 2. The summed E-state index contributed by atoms with van der Waals surface area (Å²) in [6.45, 7) is -0.0293. The van der Waals surface area contributed by atoms with E-state index in [1.54, 1.807) is 0 Å². The molecule has 1 unspecified atom stereocenters. The Morgan fingerprint density at radius 2 is 2.11 bits per heavy atom. The molecule has 1 atom stereocenters. The van der Waals surface area contributed by atoms with Gasteiger partial charge in [0.2, 0.25) is 11.8 Å². The molecule has 1 rings (SSSR count). The summed E-state index contributed by atoms with van der Waals surface area (Å²) in [5.41, 5.74) is 0. The topological polar surface area (TPSA) is 79.5 Å². The van der Waals surface area contributed by atoms with E-state index in [1.807, 2.05) is 0 Å². The van der Waals surface area contributed by atoms with Gasteiger partial charge in [0.05, 0.1) is 25.7 Å². The molecule has 19 heavy (non-hydrogen) atoms. The van der Waals surface area contributed by atoms with E-state index in [-0.39, 0.29) is 24.9 Å². The summed E-state index contributed by atoms with van der Waals surface area (Å²) in [5, 5.41) is 7.21. The summed E-state index contributed by atoms with van der Waals surface area (Å²) >= 11 is 0. The zero-order chi connectivity index (χ0) is 13.6. The van der Waals surface area contributed by atoms with Gasteiger partial charge in [0.1, 0.15) is 0 Å². The van der Waals surface area contributed by atoms with E-state index in [0.29, 0.717) is 13.2 Å². The predicted molar refractivity (Wildman–Crippen MR) is 66.5 cm³/mol. The Balaban J connectivity index is 0.00000324. The van der Waals surface area contributed by atoms with Gasteiger partial charge in [-0.15, -0.1) is 12.4 Å². The molecule has 0 aromatic carbocycles. The standard InChI is InChI=1S/C10H17F2N3O3.ClH/c1-18-3-2-13-8(16)5-14-9(17)7-4-10(11,12)6-15-7;/h7,15H,2-6H2,1H3,(H,13,16)(H,14,17);1H. The molecule has 6 nitrogen and oxygen atoms in total. The SMILES string of the molecule is COCCNC(=O)CNC(=O)C1CC(F)(F)CN1.Cl. The maximum absolute atomic E-state index is 12.8. The van der Waals surface area contributed by atoms with Gasteiger partial charge in [-0.3, -0.25) is 14.9 Å². The number of rotatable bonds is 6. The quantitative estimate of drug-likeness (QED) is 0.566. The van der Waals surface area contributed by atoms with Crippen molar-refractivity contribution in [2.24, 2.45) is 0 Å². The summed E-state index contributed by atoms with van der Waals surface area (Å²) < 4.78 is 30.4. The van der Waals surface area contributed by atoms with Gasteiger partial charge in [0, 0.05) is 20.1 Å². The monoisotopic (exact) mass is 301 g/mol. The molecule has 0 aromatic rings. The third-order valence-corrected chi connectivity index (χ3v) is 2.48. The Morgan fingerprint density at radius 1 is 1.42 bits per heavy atom. The third kappa shape index (κ3) is 6.65. The molecule has 0 radical (unpaired) electrons. The fourth-order valence-corrected chi connectivity index (χ4v) is 1.55. The van der Waals surface area contributed by atoms with E-state index in [9.17, 15) is 18.4 Å². The molecule has 1 heterocycles. The second kappa shape index (κ2) is 8.23. The van der Waals surface area contributed by atoms with Crippen molar-refractivity contribution in [1.29, 1.82) is 0 Å². The highest BCUT2D eigenvalue weighted by Gasteiger charge is 2.42. The summed E-state index contributed by atoms with van der Waals surface area (Å²) in [4.78, 5) is 22.7. The van der Waals surface area contributed by atoms with E-state index >= 15 is 0 Å². The van der Waals surface area contributed by atoms with E-state index < -0.39 is 30.8 Å². The van der Waals surface area contributed by atoms with Crippen LogP contribution in [-0.4, -0.2) is 57.1 Å². The fourth-order valence-electron chi connectivity index (χ4n) is 1.55. The Kier molecular flexibility index (Phi) is 7.81. The Bertz CT molecular complexity index is 318. The fraction of sp³-hybridized carbons (Fsp3) is 0.800. The summed E-state index contributed by atoms with van der Waals surface area (Å²) in [6.07, 6.45) is -0.538. The minimum absolute atomic E-state index is 0. The smallest absolute Gasteiger partial charge is 0.262 e. The first-order valence-electron chi connectivity index (χ1n) is 5.59. The molecular formula is C10H18ClF2N3O3. The lowest BCUT2D eigenvalue weighted by Crippen LogP contribution is -2.45. The number of carbonyl (C=O) groups is 2. The van der Waals surface area contributed by atoms with Crippen molar-refractivity contribution in [3.63, 3.8) is 0 Å². The van der Waals surface area contributed by atoms with Crippen LogP contribution in [0.3, 0.4) is 0 Å². The maximum atomic E-state index is 12.8. The first-order valence-corrected chi connectivity index (χ1v) is 5.59. The number of ether oxygens (including phenoxy) is 1. The molecule has 0 spiro atoms. The summed E-state index contributed by atoms with van der Waals surface area (Å²) in [5.74, 6) is -3.83. The zero-order valence-corrected chi connectivity index (χ0v) is 11.3. The van der Waals surface area contributed by atoms with Crippen LogP contribution in [0.25, 0.3) is 0 Å². The molecule has 0 saturated carbocycles. The van der Waals surface area contributed by atoms with Gasteiger partial charge in [0.25, 0.3) is 5.92 Å². The molecule has 0 aromatic heterocycles. The van der Waals surface area contributed by atoms with E-state index in [4.69, 9.17) is 4.74 Å². The van der Waals surface area contributed by atoms with Crippen LogP contribution >= 0.6 is 12.4 Å². The highest BCUT2D eigenvalue weighted by molar-refractivity contribution is 5.87. The number of alkyl halides is 2. The molecule has 1 saturated heterocycles. The molecule has 9 heteroatoms. The largest absolute Gasteiger partial charge is 0.383 e. The van der Waals surface area contributed by atoms with Gasteiger partial charge >= 0.3 is 0 Å². The first kappa shape index (κ1) is 18.0. The van der Waals surface area contributed by atoms with Gasteiger partial charge in [-0.05, 0) is 0 Å². The van der Waals surface area contributed by atoms with Gasteiger partial charge in [-0.25, -0.2) is 8.78 Å². The van der Waals surface area contributed by atoms with E-state index in [0.717, 1.165) is 0 Å². The van der Waals surface area contributed by atoms with Crippen LogP contribution in [0.5, 0.6) is 0 Å². The van der Waals surface area contributed by atoms with E-state index in [2.05, 4.69) is 16.0 Å². The van der Waals surface area contributed by atoms with Gasteiger partial charge in [0.15, 0.2) is 0 Å². The van der Waals surface area contributed by atoms with Crippen LogP contribution in [0, 0.1) is 0 Å². The van der Waals surface area contributed by atoms with E-state index in [1.165, 1.54) is 7.11 Å². The van der Waals surface area contributed by atoms with Crippen molar-refractivity contribution in [1.82, 2.24) is 16.0 Å². The molecule has 0 bridgehead atoms. The number of amides is 2. The van der Waals surface area contributed by atoms with Crippen LogP contribution < -0.4 is 16.0 Å². The van der Waals surface area contributed by atoms with Gasteiger partial charge < -0.3 is 15.4 Å². The number of hydrogen-bond donors (Lipinski definition) is 3. The lowest BCUT2D eigenvalue weighted by molar-refractivity contribution is -0.127. The van der Waals surface area contributed by atoms with Crippen LogP contribution in [0.2, 0.25) is 0 Å². The Labute approximate surface area is 116 Å². The number of nitrogens with one attached hydrogen (secondary N) is 3. The van der Waals surface area contributed by atoms with Crippen molar-refractivity contribution >= 4 is 24.2 Å². The van der Waals surface area contributed by atoms with Crippen molar-refractivity contribution in [2.75, 3.05) is 33.4 Å². The molecule has 2 amide bonds. The highest BCUT2D eigenvalue weighted by atomic mass is 35.5. The average molecular weight is 302 g/mol. The van der Waals surface area contributed by atoms with Crippen LogP contribution in [0.4, 0.5) is 8.78 Å². The Morgan fingerprint density at radius 3 is 2.63 bits per heavy atom. The van der Waals surface area contributed by atoms with Crippen molar-refractivity contribution < 1.29 is 23.1 Å². The molecule has 0 aliphatic carbocycles. The average Bonchev–Trinajstić information content (AvgIpc) is 2.67. The number of halogens is 3. The molecular weight excluding hydrogens is 284 g/mol.